The fourth-order valence-electron chi connectivity index (χ4n) is 2.43. The molecule has 118 valence electrons. The molecule has 0 aromatic heterocycles. The summed E-state index contributed by atoms with van der Waals surface area (Å²) < 4.78 is 1.22. The molecule has 0 atom stereocenters. The second-order valence-corrected chi connectivity index (χ2v) is 6.52. The van der Waals surface area contributed by atoms with Crippen LogP contribution in [0.5, 0.6) is 0 Å². The van der Waals surface area contributed by atoms with Crippen LogP contribution in [-0.2, 0) is 0 Å². The van der Waals surface area contributed by atoms with Gasteiger partial charge in [0.25, 0.3) is 0 Å². The van der Waals surface area contributed by atoms with Crippen LogP contribution in [0.15, 0.2) is 0 Å². The molecule has 0 saturated heterocycles. The van der Waals surface area contributed by atoms with Gasteiger partial charge in [0.2, 0.25) is 0 Å². The highest BCUT2D eigenvalue weighted by Crippen LogP contribution is 2.14. The second kappa shape index (κ2) is 15.3. The molecule has 0 fully saturated rings. The number of nitrogens with zero attached hydrogens (tertiary/aromatic N) is 1. The number of unbranched alkanes of at least 4 members (excludes halogenated alkanes) is 8. The summed E-state index contributed by atoms with van der Waals surface area (Å²) in [5, 5.41) is 0. The topological polar surface area (TPSA) is 0 Å². The van der Waals surface area contributed by atoms with Crippen molar-refractivity contribution in [3.63, 3.8) is 0 Å². The minimum atomic E-state index is 0. The molecule has 0 unspecified atom stereocenters. The van der Waals surface area contributed by atoms with Gasteiger partial charge in [-0.15, -0.1) is 0 Å². The summed E-state index contributed by atoms with van der Waals surface area (Å²) in [6.07, 6.45) is 14.0. The molecule has 0 amide bonds. The smallest absolute Gasteiger partial charge is 0.134 e. The van der Waals surface area contributed by atoms with Crippen LogP contribution in [0.1, 0.15) is 78.1 Å². The van der Waals surface area contributed by atoms with E-state index in [1.807, 2.05) is 0 Å². The maximum Gasteiger partial charge on any atom is 0.134 e. The zero-order valence-electron chi connectivity index (χ0n) is 13.4. The van der Waals surface area contributed by atoms with Crippen molar-refractivity contribution in [2.24, 2.45) is 0 Å². The SMILES string of the molecule is CCCCCCC[N+](C)(CBr)CCCCCCC.[Br-]. The summed E-state index contributed by atoms with van der Waals surface area (Å²) in [6.45, 7) is 7.27. The van der Waals surface area contributed by atoms with Gasteiger partial charge in [0.1, 0.15) is 5.45 Å². The molecule has 0 bridgehead atoms. The Bertz CT molecular complexity index is 160. The van der Waals surface area contributed by atoms with Crippen molar-refractivity contribution in [3.05, 3.63) is 0 Å². The predicted molar refractivity (Wildman–Crippen MR) is 87.2 cm³/mol. The molecule has 1 nitrogen and oxygen atoms in total. The Morgan fingerprint density at radius 1 is 0.684 bits per heavy atom. The normalized spacial score (nSPS) is 11.4. The summed E-state index contributed by atoms with van der Waals surface area (Å²) >= 11 is 3.71. The second-order valence-electron chi connectivity index (χ2n) is 6.01. The van der Waals surface area contributed by atoms with E-state index in [1.54, 1.807) is 0 Å². The first kappa shape index (κ1) is 22.2. The van der Waals surface area contributed by atoms with Gasteiger partial charge in [0.15, 0.2) is 0 Å². The number of alkyl halides is 1. The van der Waals surface area contributed by atoms with E-state index in [0.717, 1.165) is 5.45 Å². The molecule has 0 aliphatic heterocycles. The molecule has 19 heavy (non-hydrogen) atoms. The molecule has 0 aromatic carbocycles. The van der Waals surface area contributed by atoms with E-state index in [2.05, 4.69) is 36.8 Å². The third kappa shape index (κ3) is 13.7. The average molecular weight is 401 g/mol. The highest BCUT2D eigenvalue weighted by Gasteiger charge is 2.18. The Kier molecular flexibility index (Phi) is 17.9. The lowest BCUT2D eigenvalue weighted by atomic mass is 10.1. The van der Waals surface area contributed by atoms with Gasteiger partial charge < -0.3 is 21.5 Å². The zero-order valence-corrected chi connectivity index (χ0v) is 16.6. The molecule has 3 heteroatoms. The molecular formula is C16H35Br2N. The molecule has 0 aliphatic rings. The van der Waals surface area contributed by atoms with Crippen molar-refractivity contribution < 1.29 is 21.5 Å². The van der Waals surface area contributed by atoms with E-state index >= 15 is 0 Å². The summed E-state index contributed by atoms with van der Waals surface area (Å²) in [6, 6.07) is 0. The van der Waals surface area contributed by atoms with Crippen LogP contribution < -0.4 is 17.0 Å². The minimum absolute atomic E-state index is 0. The largest absolute Gasteiger partial charge is 1.00 e. The Labute approximate surface area is 141 Å². The summed E-state index contributed by atoms with van der Waals surface area (Å²) in [7, 11) is 2.41. The predicted octanol–water partition coefficient (Wildman–Crippen LogP) is 2.73. The Balaban J connectivity index is 0. The van der Waals surface area contributed by atoms with E-state index in [4.69, 9.17) is 0 Å². The molecule has 0 spiro atoms. The van der Waals surface area contributed by atoms with Crippen LogP contribution in [0.3, 0.4) is 0 Å². The van der Waals surface area contributed by atoms with Crippen LogP contribution in [0.2, 0.25) is 0 Å². The molecule has 0 N–H and O–H groups in total. The molecule has 0 aliphatic carbocycles. The van der Waals surface area contributed by atoms with Gasteiger partial charge in [-0.3, -0.25) is 0 Å². The van der Waals surface area contributed by atoms with E-state index in [1.165, 1.54) is 81.8 Å². The third-order valence-corrected chi connectivity index (χ3v) is 5.10. The van der Waals surface area contributed by atoms with E-state index in [-0.39, 0.29) is 17.0 Å². The van der Waals surface area contributed by atoms with Gasteiger partial charge in [0, 0.05) is 0 Å². The summed E-state index contributed by atoms with van der Waals surface area (Å²) in [5.74, 6) is 0. The molecule has 0 heterocycles. The van der Waals surface area contributed by atoms with Crippen LogP contribution in [0.4, 0.5) is 0 Å². The first-order chi connectivity index (χ1) is 8.68. The van der Waals surface area contributed by atoms with Crippen molar-refractivity contribution in [1.82, 2.24) is 0 Å². The standard InChI is InChI=1S/C16H35BrN.BrH/c1-4-6-8-10-12-14-18(3,16-17)15-13-11-9-7-5-2;/h4-16H2,1-3H3;1H/q+1;/p-1. The van der Waals surface area contributed by atoms with Crippen molar-refractivity contribution in [1.29, 1.82) is 0 Å². The number of hydrogen-bond acceptors (Lipinski definition) is 0. The monoisotopic (exact) mass is 399 g/mol. The van der Waals surface area contributed by atoms with Gasteiger partial charge in [0.05, 0.1) is 20.1 Å². The number of halogens is 2. The average Bonchev–Trinajstić information content (AvgIpc) is 2.38. The fraction of sp³-hybridized carbons (Fsp3) is 1.00. The van der Waals surface area contributed by atoms with E-state index in [0.29, 0.717) is 0 Å². The van der Waals surface area contributed by atoms with Gasteiger partial charge >= 0.3 is 0 Å². The van der Waals surface area contributed by atoms with Crippen LogP contribution >= 0.6 is 15.9 Å². The lowest BCUT2D eigenvalue weighted by Gasteiger charge is -2.32. The number of quaternary nitrogens is 1. The van der Waals surface area contributed by atoms with Gasteiger partial charge in [-0.1, -0.05) is 52.4 Å². The molecule has 0 radical (unpaired) electrons. The van der Waals surface area contributed by atoms with Crippen molar-refractivity contribution in [2.75, 3.05) is 25.6 Å². The lowest BCUT2D eigenvalue weighted by molar-refractivity contribution is -0.896. The Hall–Kier alpha value is 0.920. The molecule has 0 aromatic rings. The van der Waals surface area contributed by atoms with Crippen molar-refractivity contribution in [2.45, 2.75) is 78.1 Å². The molecular weight excluding hydrogens is 366 g/mol. The third-order valence-electron chi connectivity index (χ3n) is 3.89. The van der Waals surface area contributed by atoms with Gasteiger partial charge in [-0.05, 0) is 41.6 Å². The minimum Gasteiger partial charge on any atom is -1.00 e. The quantitative estimate of drug-likeness (QED) is 0.193. The summed E-state index contributed by atoms with van der Waals surface area (Å²) in [4.78, 5) is 0. The van der Waals surface area contributed by atoms with Gasteiger partial charge in [-0.2, -0.15) is 0 Å². The maximum absolute atomic E-state index is 3.71. The molecule has 0 rings (SSSR count). The van der Waals surface area contributed by atoms with Gasteiger partial charge in [-0.25, -0.2) is 0 Å². The molecule has 0 saturated carbocycles. The number of rotatable bonds is 13. The van der Waals surface area contributed by atoms with Crippen LogP contribution in [0, 0.1) is 0 Å². The highest BCUT2D eigenvalue weighted by molar-refractivity contribution is 9.09. The highest BCUT2D eigenvalue weighted by atomic mass is 79.9. The van der Waals surface area contributed by atoms with E-state index in [9.17, 15) is 0 Å². The zero-order chi connectivity index (χ0) is 13.7. The first-order valence-corrected chi connectivity index (χ1v) is 9.20. The first-order valence-electron chi connectivity index (χ1n) is 8.08. The lowest BCUT2D eigenvalue weighted by Crippen LogP contribution is -3.00. The fourth-order valence-corrected chi connectivity index (χ4v) is 2.93. The Morgan fingerprint density at radius 3 is 1.37 bits per heavy atom. The van der Waals surface area contributed by atoms with Crippen molar-refractivity contribution >= 4 is 15.9 Å². The summed E-state index contributed by atoms with van der Waals surface area (Å²) in [5.41, 5.74) is 1.12. The Morgan fingerprint density at radius 2 is 1.05 bits per heavy atom. The van der Waals surface area contributed by atoms with Crippen LogP contribution in [-0.4, -0.2) is 30.1 Å². The van der Waals surface area contributed by atoms with Crippen molar-refractivity contribution in [3.8, 4) is 0 Å². The number of hydrogen-bond donors (Lipinski definition) is 0. The van der Waals surface area contributed by atoms with Crippen LogP contribution in [0.25, 0.3) is 0 Å². The maximum atomic E-state index is 3.71. The van der Waals surface area contributed by atoms with E-state index < -0.39 is 0 Å².